The Balaban J connectivity index is 2.60. The Labute approximate surface area is 114 Å². The lowest BCUT2D eigenvalue weighted by atomic mass is 9.72. The van der Waals surface area contributed by atoms with E-state index in [0.29, 0.717) is 11.5 Å². The predicted octanol–water partition coefficient (Wildman–Crippen LogP) is 3.18. The lowest BCUT2D eigenvalue weighted by molar-refractivity contribution is 0.244. The fourth-order valence-electron chi connectivity index (χ4n) is 2.28. The van der Waals surface area contributed by atoms with Gasteiger partial charge in [0.15, 0.2) is 0 Å². The summed E-state index contributed by atoms with van der Waals surface area (Å²) in [5.74, 6) is 1.42. The molecule has 1 saturated carbocycles. The fraction of sp³-hybridized carbons (Fsp3) is 0.462. The van der Waals surface area contributed by atoms with Gasteiger partial charge in [0, 0.05) is 5.56 Å². The molecule has 0 spiro atoms. The summed E-state index contributed by atoms with van der Waals surface area (Å²) in [6, 6.07) is 3.71. The zero-order valence-electron chi connectivity index (χ0n) is 10.3. The first-order chi connectivity index (χ1) is 8.66. The lowest BCUT2D eigenvalue weighted by Gasteiger charge is -2.38. The number of benzene rings is 1. The molecule has 0 radical (unpaired) electrons. The summed E-state index contributed by atoms with van der Waals surface area (Å²) in [4.78, 5) is 14.6. The van der Waals surface area contributed by atoms with E-state index in [1.54, 1.807) is 20.3 Å². The minimum atomic E-state index is -0.496. The molecule has 18 heavy (non-hydrogen) atoms. The smallest absolute Gasteiger partial charge is 0.235 e. The van der Waals surface area contributed by atoms with Crippen LogP contribution in [0.1, 0.15) is 24.8 Å². The summed E-state index contributed by atoms with van der Waals surface area (Å²) in [5, 5.41) is 0. The third kappa shape index (κ3) is 2.04. The van der Waals surface area contributed by atoms with Crippen LogP contribution in [0.4, 0.5) is 0 Å². The molecule has 1 aromatic carbocycles. The first-order valence-electron chi connectivity index (χ1n) is 5.68. The van der Waals surface area contributed by atoms with Gasteiger partial charge in [-0.1, -0.05) is 0 Å². The van der Waals surface area contributed by atoms with E-state index in [4.69, 9.17) is 9.47 Å². The molecule has 0 atom stereocenters. The molecule has 0 saturated heterocycles. The van der Waals surface area contributed by atoms with E-state index in [1.165, 1.54) is 0 Å². The van der Waals surface area contributed by atoms with Crippen LogP contribution in [0.25, 0.3) is 0 Å². The van der Waals surface area contributed by atoms with Crippen LogP contribution in [0.3, 0.4) is 0 Å². The van der Waals surface area contributed by atoms with Crippen molar-refractivity contribution in [2.75, 3.05) is 14.2 Å². The molecule has 1 aliphatic carbocycles. The van der Waals surface area contributed by atoms with Crippen molar-refractivity contribution >= 4 is 22.0 Å². The molecule has 4 nitrogen and oxygen atoms in total. The molecule has 1 aromatic rings. The standard InChI is InChI=1S/C13H14BrNO3/c1-17-9-6-10(12(18-2)11(14)7-9)13(15-8-16)4-3-5-13/h6-7H,3-5H2,1-2H3. The van der Waals surface area contributed by atoms with Gasteiger partial charge in [-0.05, 0) is 47.3 Å². The first kappa shape index (κ1) is 13.1. The molecule has 0 bridgehead atoms. The molecule has 1 aliphatic rings. The molecule has 96 valence electrons. The minimum Gasteiger partial charge on any atom is -0.497 e. The first-order valence-corrected chi connectivity index (χ1v) is 6.47. The summed E-state index contributed by atoms with van der Waals surface area (Å²) in [6.45, 7) is 0. The van der Waals surface area contributed by atoms with E-state index >= 15 is 0 Å². The number of methoxy groups -OCH3 is 2. The second-order valence-corrected chi connectivity index (χ2v) is 5.13. The van der Waals surface area contributed by atoms with Gasteiger partial charge in [0.25, 0.3) is 0 Å². The number of aliphatic imine (C=N–C) groups is 1. The maximum atomic E-state index is 10.7. The number of rotatable bonds is 4. The summed E-state index contributed by atoms with van der Waals surface area (Å²) in [6.07, 6.45) is 4.39. The molecule has 0 aliphatic heterocycles. The van der Waals surface area contributed by atoms with E-state index in [1.807, 2.05) is 12.1 Å². The maximum absolute atomic E-state index is 10.7. The second-order valence-electron chi connectivity index (χ2n) is 4.28. The molecule has 2 rings (SSSR count). The Hall–Kier alpha value is -1.32. The maximum Gasteiger partial charge on any atom is 0.235 e. The number of halogens is 1. The third-order valence-corrected chi connectivity index (χ3v) is 3.99. The Bertz CT molecular complexity index is 505. The van der Waals surface area contributed by atoms with E-state index in [2.05, 4.69) is 20.9 Å². The van der Waals surface area contributed by atoms with Crippen LogP contribution in [0, 0.1) is 0 Å². The quantitative estimate of drug-likeness (QED) is 0.634. The average Bonchev–Trinajstić information content (AvgIpc) is 2.32. The van der Waals surface area contributed by atoms with Crippen molar-refractivity contribution in [3.05, 3.63) is 22.2 Å². The number of hydrogen-bond donors (Lipinski definition) is 0. The van der Waals surface area contributed by atoms with Crippen LogP contribution in [0.2, 0.25) is 0 Å². The normalized spacial score (nSPS) is 16.4. The van der Waals surface area contributed by atoms with Crippen LogP contribution in [0.5, 0.6) is 11.5 Å². The van der Waals surface area contributed by atoms with Gasteiger partial charge in [-0.3, -0.25) is 0 Å². The van der Waals surface area contributed by atoms with E-state index in [-0.39, 0.29) is 0 Å². The molecule has 0 amide bonds. The second kappa shape index (κ2) is 5.12. The van der Waals surface area contributed by atoms with Gasteiger partial charge in [-0.2, -0.15) is 4.99 Å². The van der Waals surface area contributed by atoms with Crippen LogP contribution in [0.15, 0.2) is 21.6 Å². The summed E-state index contributed by atoms with van der Waals surface area (Å²) in [5.41, 5.74) is 0.385. The highest BCUT2D eigenvalue weighted by atomic mass is 79.9. The minimum absolute atomic E-state index is 0.496. The predicted molar refractivity (Wildman–Crippen MR) is 70.9 cm³/mol. The molecule has 0 aromatic heterocycles. The monoisotopic (exact) mass is 311 g/mol. The summed E-state index contributed by atoms with van der Waals surface area (Å²) in [7, 11) is 3.21. The summed E-state index contributed by atoms with van der Waals surface area (Å²) < 4.78 is 11.5. The highest BCUT2D eigenvalue weighted by Crippen LogP contribution is 2.50. The number of nitrogens with zero attached hydrogens (tertiary/aromatic N) is 1. The fourth-order valence-corrected chi connectivity index (χ4v) is 2.88. The van der Waals surface area contributed by atoms with Crippen molar-refractivity contribution in [3.63, 3.8) is 0 Å². The average molecular weight is 312 g/mol. The zero-order valence-corrected chi connectivity index (χ0v) is 11.9. The number of ether oxygens (including phenoxy) is 2. The molecule has 1 fully saturated rings. The molecule has 0 unspecified atom stereocenters. The molecule has 0 heterocycles. The van der Waals surface area contributed by atoms with Gasteiger partial charge in [0.2, 0.25) is 6.08 Å². The molecular formula is C13H14BrNO3. The summed E-state index contributed by atoms with van der Waals surface area (Å²) >= 11 is 3.45. The van der Waals surface area contributed by atoms with Gasteiger partial charge >= 0.3 is 0 Å². The lowest BCUT2D eigenvalue weighted by Crippen LogP contribution is -2.32. The SMILES string of the molecule is COc1cc(Br)c(OC)c(C2(N=C=O)CCC2)c1. The van der Waals surface area contributed by atoms with Crippen molar-refractivity contribution in [1.82, 2.24) is 0 Å². The van der Waals surface area contributed by atoms with Crippen LogP contribution in [-0.4, -0.2) is 20.3 Å². The molecule has 5 heteroatoms. The Kier molecular flexibility index (Phi) is 3.73. The molecular weight excluding hydrogens is 298 g/mol. The van der Waals surface area contributed by atoms with E-state index < -0.39 is 5.54 Å². The van der Waals surface area contributed by atoms with E-state index in [9.17, 15) is 4.79 Å². The number of hydrogen-bond acceptors (Lipinski definition) is 4. The third-order valence-electron chi connectivity index (χ3n) is 3.40. The Morgan fingerprint density at radius 2 is 2.06 bits per heavy atom. The highest BCUT2D eigenvalue weighted by Gasteiger charge is 2.42. The Morgan fingerprint density at radius 1 is 1.33 bits per heavy atom. The topological polar surface area (TPSA) is 47.9 Å². The Morgan fingerprint density at radius 3 is 2.50 bits per heavy atom. The van der Waals surface area contributed by atoms with Gasteiger partial charge in [-0.25, -0.2) is 4.79 Å². The van der Waals surface area contributed by atoms with Gasteiger partial charge in [0.05, 0.1) is 18.7 Å². The molecule has 0 N–H and O–H groups in total. The van der Waals surface area contributed by atoms with Gasteiger partial charge in [-0.15, -0.1) is 0 Å². The van der Waals surface area contributed by atoms with Crippen LogP contribution < -0.4 is 9.47 Å². The van der Waals surface area contributed by atoms with Crippen molar-refractivity contribution in [2.24, 2.45) is 4.99 Å². The van der Waals surface area contributed by atoms with Gasteiger partial charge in [0.1, 0.15) is 17.0 Å². The highest BCUT2D eigenvalue weighted by molar-refractivity contribution is 9.10. The van der Waals surface area contributed by atoms with E-state index in [0.717, 1.165) is 29.3 Å². The van der Waals surface area contributed by atoms with Crippen LogP contribution in [-0.2, 0) is 10.3 Å². The largest absolute Gasteiger partial charge is 0.497 e. The van der Waals surface area contributed by atoms with Crippen molar-refractivity contribution in [2.45, 2.75) is 24.8 Å². The van der Waals surface area contributed by atoms with Gasteiger partial charge < -0.3 is 9.47 Å². The van der Waals surface area contributed by atoms with Crippen molar-refractivity contribution in [1.29, 1.82) is 0 Å². The number of isocyanates is 1. The zero-order chi connectivity index (χ0) is 13.2. The van der Waals surface area contributed by atoms with Crippen molar-refractivity contribution < 1.29 is 14.3 Å². The van der Waals surface area contributed by atoms with Crippen molar-refractivity contribution in [3.8, 4) is 11.5 Å². The van der Waals surface area contributed by atoms with Crippen LogP contribution >= 0.6 is 15.9 Å². The number of carbonyl (C=O) groups excluding carboxylic acids is 1.